The van der Waals surface area contributed by atoms with E-state index in [1.54, 1.807) is 0 Å². The van der Waals surface area contributed by atoms with Gasteiger partial charge in [-0.2, -0.15) is 10.5 Å². The summed E-state index contributed by atoms with van der Waals surface area (Å²) in [5, 5.41) is 53.9. The average molecular weight is 617 g/mol. The molecule has 2 saturated heterocycles. The van der Waals surface area contributed by atoms with Crippen LogP contribution in [0.2, 0.25) is 0 Å². The van der Waals surface area contributed by atoms with Crippen molar-refractivity contribution in [1.29, 1.82) is 10.5 Å². The van der Waals surface area contributed by atoms with Crippen molar-refractivity contribution in [2.75, 3.05) is 52.4 Å². The molecule has 0 aromatic rings. The van der Waals surface area contributed by atoms with Crippen molar-refractivity contribution >= 4 is 23.9 Å². The zero-order valence-corrected chi connectivity index (χ0v) is 25.1. The van der Waals surface area contributed by atoms with Crippen LogP contribution in [0.15, 0.2) is 35.7 Å². The van der Waals surface area contributed by atoms with E-state index < -0.39 is 23.9 Å². The van der Waals surface area contributed by atoms with E-state index in [4.69, 9.17) is 20.4 Å². The zero-order valence-electron chi connectivity index (χ0n) is 25.1. The summed E-state index contributed by atoms with van der Waals surface area (Å²) in [4.78, 5) is 45.3. The van der Waals surface area contributed by atoms with Crippen molar-refractivity contribution in [2.24, 2.45) is 0 Å². The van der Waals surface area contributed by atoms with Crippen molar-refractivity contribution in [1.82, 2.24) is 20.0 Å². The minimum Gasteiger partial charge on any atom is -0.478 e. The van der Waals surface area contributed by atoms with Gasteiger partial charge in [-0.1, -0.05) is 25.7 Å². The van der Waals surface area contributed by atoms with Crippen molar-refractivity contribution in [3.05, 3.63) is 35.7 Å². The first-order valence-corrected chi connectivity index (χ1v) is 14.8. The lowest BCUT2D eigenvalue weighted by Gasteiger charge is -2.29. The molecule has 1 aliphatic carbocycles. The summed E-state index contributed by atoms with van der Waals surface area (Å²) < 4.78 is 0. The highest BCUT2D eigenvalue weighted by molar-refractivity contribution is 5.90. The maximum absolute atomic E-state index is 9.55. The van der Waals surface area contributed by atoms with E-state index in [1.165, 1.54) is 64.5 Å². The van der Waals surface area contributed by atoms with E-state index in [0.717, 1.165) is 51.5 Å². The molecule has 3 fully saturated rings. The molecule has 44 heavy (non-hydrogen) atoms. The Morgan fingerprint density at radius 3 is 1.59 bits per heavy atom. The van der Waals surface area contributed by atoms with E-state index in [-0.39, 0.29) is 5.57 Å². The third kappa shape index (κ3) is 16.9. The predicted octanol–water partition coefficient (Wildman–Crippen LogP) is 2.08. The fourth-order valence-electron chi connectivity index (χ4n) is 5.19. The Morgan fingerprint density at radius 2 is 1.14 bits per heavy atom. The summed E-state index contributed by atoms with van der Waals surface area (Å²) in [5.74, 6) is -4.16. The van der Waals surface area contributed by atoms with Crippen molar-refractivity contribution in [2.45, 2.75) is 63.8 Å². The maximum Gasteiger partial charge on any atom is 0.328 e. The Morgan fingerprint density at radius 1 is 0.682 bits per heavy atom. The summed E-state index contributed by atoms with van der Waals surface area (Å²) >= 11 is 0. The Labute approximate surface area is 258 Å². The molecule has 0 spiro atoms. The van der Waals surface area contributed by atoms with E-state index in [9.17, 15) is 29.7 Å². The molecule has 0 aromatic carbocycles. The zero-order chi connectivity index (χ0) is 32.7. The standard InChI is InChI=1S/C22H36N6.2C4H4O4/c23-18-20(19-24)22-27(14-7-13-26-11-5-2-6-12-26)16-17-28(22)15-10-25-21-8-3-1-4-9-21;2*5-3(6)1-2-4(7)8/h21,25H,1-17H2;2*1-2H,(H,5,6)(H,7,8)/b;2*2-1+. The molecule has 14 heteroatoms. The summed E-state index contributed by atoms with van der Waals surface area (Å²) in [6.07, 6.45) is 14.0. The number of hydrogen-bond donors (Lipinski definition) is 5. The largest absolute Gasteiger partial charge is 0.478 e. The lowest BCUT2D eigenvalue weighted by molar-refractivity contribution is -0.134. The predicted molar refractivity (Wildman–Crippen MR) is 160 cm³/mol. The van der Waals surface area contributed by atoms with Crippen molar-refractivity contribution in [3.8, 4) is 12.1 Å². The molecular formula is C30H44N6O8. The molecule has 1 saturated carbocycles. The number of likely N-dealkylation sites (tertiary alicyclic amines) is 1. The van der Waals surface area contributed by atoms with Crippen molar-refractivity contribution in [3.63, 3.8) is 0 Å². The minimum absolute atomic E-state index is 0.271. The number of carboxylic acids is 4. The van der Waals surface area contributed by atoms with Gasteiger partial charge in [-0.25, -0.2) is 19.2 Å². The Hall–Kier alpha value is -4.40. The fourth-order valence-corrected chi connectivity index (χ4v) is 5.19. The van der Waals surface area contributed by atoms with Crippen LogP contribution in [0.5, 0.6) is 0 Å². The molecule has 5 N–H and O–H groups in total. The number of nitrogens with zero attached hydrogens (tertiary/aromatic N) is 5. The molecule has 0 radical (unpaired) electrons. The van der Waals surface area contributed by atoms with Gasteiger partial charge in [0.25, 0.3) is 0 Å². The Kier molecular flexibility index (Phi) is 19.0. The van der Waals surface area contributed by atoms with Gasteiger partial charge in [0.15, 0.2) is 5.57 Å². The van der Waals surface area contributed by atoms with Crippen LogP contribution < -0.4 is 5.32 Å². The van der Waals surface area contributed by atoms with Gasteiger partial charge < -0.3 is 40.4 Å². The van der Waals surface area contributed by atoms with Gasteiger partial charge in [-0.3, -0.25) is 0 Å². The lowest BCUT2D eigenvalue weighted by Crippen LogP contribution is -2.38. The smallest absolute Gasteiger partial charge is 0.328 e. The molecule has 0 atom stereocenters. The molecule has 3 rings (SSSR count). The number of rotatable bonds is 12. The summed E-state index contributed by atoms with van der Waals surface area (Å²) in [6, 6.07) is 4.92. The molecule has 0 unspecified atom stereocenters. The molecule has 0 aromatic heterocycles. The monoisotopic (exact) mass is 616 g/mol. The van der Waals surface area contributed by atoms with Crippen LogP contribution in [-0.2, 0) is 19.2 Å². The van der Waals surface area contributed by atoms with Crippen molar-refractivity contribution < 1.29 is 39.6 Å². The first-order chi connectivity index (χ1) is 21.1. The number of nitriles is 2. The van der Waals surface area contributed by atoms with Crippen LogP contribution in [-0.4, -0.2) is 117 Å². The van der Waals surface area contributed by atoms with Gasteiger partial charge >= 0.3 is 23.9 Å². The molecule has 0 bridgehead atoms. The molecule has 0 amide bonds. The van der Waals surface area contributed by atoms with Gasteiger partial charge in [0.2, 0.25) is 0 Å². The second kappa shape index (κ2) is 22.2. The van der Waals surface area contributed by atoms with Gasteiger partial charge in [0, 0.05) is 63.1 Å². The molecule has 2 aliphatic heterocycles. The number of carbonyl (C=O) groups is 4. The molecular weight excluding hydrogens is 572 g/mol. The third-order valence-electron chi connectivity index (χ3n) is 7.19. The molecule has 14 nitrogen and oxygen atoms in total. The van der Waals surface area contributed by atoms with Gasteiger partial charge in [0.05, 0.1) is 0 Å². The first-order valence-electron chi connectivity index (χ1n) is 14.8. The van der Waals surface area contributed by atoms with Crippen LogP contribution in [0.3, 0.4) is 0 Å². The van der Waals surface area contributed by atoms with E-state index in [0.29, 0.717) is 30.3 Å². The van der Waals surface area contributed by atoms with Crippen LogP contribution >= 0.6 is 0 Å². The second-order valence-corrected chi connectivity index (χ2v) is 10.5. The lowest BCUT2D eigenvalue weighted by atomic mass is 9.95. The maximum atomic E-state index is 9.55. The van der Waals surface area contributed by atoms with Gasteiger partial charge in [-0.15, -0.1) is 0 Å². The molecule has 3 aliphatic rings. The normalized spacial score (nSPS) is 17.2. The SMILES string of the molecule is N#CC(C#N)=C1N(CCCN2CCCCC2)CCN1CCNC1CCCCC1.O=C(O)/C=C/C(=O)O.O=C(O)/C=C/C(=O)O. The highest BCUT2D eigenvalue weighted by Gasteiger charge is 2.28. The van der Waals surface area contributed by atoms with Crippen LogP contribution in [0.1, 0.15) is 57.8 Å². The number of allylic oxidation sites excluding steroid dienone is 1. The number of nitrogens with one attached hydrogen (secondary N) is 1. The average Bonchev–Trinajstić information content (AvgIpc) is 3.39. The fraction of sp³-hybridized carbons (Fsp3) is 0.600. The third-order valence-corrected chi connectivity index (χ3v) is 7.19. The van der Waals surface area contributed by atoms with E-state index in [1.807, 2.05) is 0 Å². The minimum atomic E-state index is -1.26. The van der Waals surface area contributed by atoms with E-state index >= 15 is 0 Å². The van der Waals surface area contributed by atoms with Crippen LogP contribution in [0.25, 0.3) is 0 Å². The number of hydrogen-bond acceptors (Lipinski definition) is 10. The first kappa shape index (κ1) is 37.6. The summed E-state index contributed by atoms with van der Waals surface area (Å²) in [6.45, 7) is 8.16. The molecule has 242 valence electrons. The van der Waals surface area contributed by atoms with Crippen LogP contribution in [0.4, 0.5) is 0 Å². The van der Waals surface area contributed by atoms with Gasteiger partial charge in [-0.05, 0) is 51.7 Å². The highest BCUT2D eigenvalue weighted by Crippen LogP contribution is 2.23. The van der Waals surface area contributed by atoms with Gasteiger partial charge in [0.1, 0.15) is 18.0 Å². The summed E-state index contributed by atoms with van der Waals surface area (Å²) in [7, 11) is 0. The van der Waals surface area contributed by atoms with Crippen LogP contribution in [0, 0.1) is 22.7 Å². The van der Waals surface area contributed by atoms with E-state index in [2.05, 4.69) is 32.2 Å². The number of piperidine rings is 1. The Bertz CT molecular complexity index is 996. The number of carboxylic acid groups (broad SMARTS) is 4. The second-order valence-electron chi connectivity index (χ2n) is 10.5. The summed E-state index contributed by atoms with van der Waals surface area (Å²) in [5.41, 5.74) is 0.271. The number of aliphatic carboxylic acids is 4. The molecule has 2 heterocycles. The highest BCUT2D eigenvalue weighted by atomic mass is 16.4. The quantitative estimate of drug-likeness (QED) is 0.157. The topological polar surface area (TPSA) is 219 Å². The Balaban J connectivity index is 0.000000498.